The van der Waals surface area contributed by atoms with Gasteiger partial charge < -0.3 is 16.4 Å². The van der Waals surface area contributed by atoms with Crippen LogP contribution in [0.5, 0.6) is 0 Å². The second-order valence-corrected chi connectivity index (χ2v) is 13.6. The van der Waals surface area contributed by atoms with Crippen molar-refractivity contribution in [1.29, 1.82) is 0 Å². The SMILES string of the molecule is C[C@H]1CNC[C@H](CCc2c(F)cncc2NC(=O)[C@@H](N)[C@@H](c2ccc(Cl)cc2)c2cccc(F)c2)N1S(=O)(=O)C1CC1. The molecule has 0 bridgehead atoms. The van der Waals surface area contributed by atoms with Crippen LogP contribution in [-0.4, -0.2) is 60.1 Å². The summed E-state index contributed by atoms with van der Waals surface area (Å²) in [6, 6.07) is 10.9. The molecule has 0 spiro atoms. The zero-order chi connectivity index (χ0) is 30.0. The van der Waals surface area contributed by atoms with Crippen LogP contribution in [0.4, 0.5) is 14.5 Å². The maximum absolute atomic E-state index is 15.1. The third kappa shape index (κ3) is 6.65. The Morgan fingerprint density at radius 2 is 1.88 bits per heavy atom. The van der Waals surface area contributed by atoms with Gasteiger partial charge in [0.2, 0.25) is 15.9 Å². The number of hydrogen-bond donors (Lipinski definition) is 3. The van der Waals surface area contributed by atoms with E-state index in [1.807, 2.05) is 6.92 Å². The molecule has 1 aliphatic heterocycles. The Morgan fingerprint density at radius 3 is 2.57 bits per heavy atom. The molecule has 4 N–H and O–H groups in total. The van der Waals surface area contributed by atoms with E-state index < -0.39 is 39.5 Å². The standard InChI is InChI=1S/C30H34ClF2N5O3S/c1-18-14-35-15-23(38(18)42(40,41)24-10-11-24)9-12-25-26(33)16-36-17-27(25)37-30(39)29(34)28(19-5-7-21(31)8-6-19)20-3-2-4-22(32)13-20/h2-8,13,16-18,23-24,28-29,35H,9-12,14-15,34H2,1H3,(H,37,39)/t18-,23-,28-,29-/m0/s1. The lowest BCUT2D eigenvalue weighted by Gasteiger charge is -2.40. The third-order valence-corrected chi connectivity index (χ3v) is 10.8. The van der Waals surface area contributed by atoms with Gasteiger partial charge >= 0.3 is 0 Å². The predicted octanol–water partition coefficient (Wildman–Crippen LogP) is 4.20. The second kappa shape index (κ2) is 12.7. The Kier molecular flexibility index (Phi) is 9.24. The van der Waals surface area contributed by atoms with Crippen LogP contribution in [0.15, 0.2) is 60.9 Å². The topological polar surface area (TPSA) is 117 Å². The van der Waals surface area contributed by atoms with Crippen molar-refractivity contribution in [1.82, 2.24) is 14.6 Å². The van der Waals surface area contributed by atoms with Crippen molar-refractivity contribution in [2.45, 2.75) is 61.9 Å². The summed E-state index contributed by atoms with van der Waals surface area (Å²) >= 11 is 6.06. The molecule has 3 aromatic rings. The molecule has 2 heterocycles. The van der Waals surface area contributed by atoms with Crippen molar-refractivity contribution in [3.8, 4) is 0 Å². The molecule has 0 radical (unpaired) electrons. The summed E-state index contributed by atoms with van der Waals surface area (Å²) in [5.74, 6) is -2.42. The summed E-state index contributed by atoms with van der Waals surface area (Å²) in [5, 5.41) is 6.16. The molecule has 1 saturated heterocycles. The molecule has 8 nitrogen and oxygen atoms in total. The van der Waals surface area contributed by atoms with Gasteiger partial charge in [0, 0.05) is 41.7 Å². The van der Waals surface area contributed by atoms with Crippen LogP contribution in [0.1, 0.15) is 48.8 Å². The van der Waals surface area contributed by atoms with Crippen LogP contribution in [0.2, 0.25) is 5.02 Å². The minimum absolute atomic E-state index is 0.151. The number of sulfonamides is 1. The number of hydrogen-bond acceptors (Lipinski definition) is 6. The summed E-state index contributed by atoms with van der Waals surface area (Å²) in [5.41, 5.74) is 8.00. The summed E-state index contributed by atoms with van der Waals surface area (Å²) in [7, 11) is -3.44. The van der Waals surface area contributed by atoms with E-state index in [9.17, 15) is 17.6 Å². The zero-order valence-electron chi connectivity index (χ0n) is 23.1. The van der Waals surface area contributed by atoms with E-state index in [0.29, 0.717) is 48.5 Å². The highest BCUT2D eigenvalue weighted by Crippen LogP contribution is 2.35. The van der Waals surface area contributed by atoms with Crippen LogP contribution in [0, 0.1) is 11.6 Å². The van der Waals surface area contributed by atoms with Gasteiger partial charge in [-0.25, -0.2) is 17.2 Å². The summed E-state index contributed by atoms with van der Waals surface area (Å²) < 4.78 is 57.3. The van der Waals surface area contributed by atoms with Gasteiger partial charge in [0.05, 0.1) is 29.4 Å². The monoisotopic (exact) mass is 617 g/mol. The molecule has 2 aliphatic rings. The van der Waals surface area contributed by atoms with Crippen LogP contribution in [-0.2, 0) is 21.2 Å². The number of rotatable bonds is 10. The van der Waals surface area contributed by atoms with E-state index in [-0.39, 0.29) is 35.0 Å². The van der Waals surface area contributed by atoms with Crippen LogP contribution in [0.25, 0.3) is 0 Å². The molecule has 1 amide bonds. The number of aromatic nitrogens is 1. The van der Waals surface area contributed by atoms with Gasteiger partial charge in [0.15, 0.2) is 0 Å². The number of nitrogens with two attached hydrogens (primary N) is 1. The highest BCUT2D eigenvalue weighted by Gasteiger charge is 2.45. The quantitative estimate of drug-likeness (QED) is 0.314. The summed E-state index contributed by atoms with van der Waals surface area (Å²) in [6.45, 7) is 2.87. The lowest BCUT2D eigenvalue weighted by molar-refractivity contribution is -0.117. The van der Waals surface area contributed by atoms with Crippen molar-refractivity contribution >= 4 is 33.2 Å². The number of halogens is 3. The van der Waals surface area contributed by atoms with Gasteiger partial charge in [0.1, 0.15) is 11.6 Å². The number of carbonyl (C=O) groups excluding carboxylic acids is 1. The molecular formula is C30H34ClF2N5O3S. The fourth-order valence-corrected chi connectivity index (χ4v) is 8.08. The van der Waals surface area contributed by atoms with E-state index >= 15 is 4.39 Å². The Morgan fingerprint density at radius 1 is 1.14 bits per heavy atom. The van der Waals surface area contributed by atoms with E-state index in [4.69, 9.17) is 17.3 Å². The van der Waals surface area contributed by atoms with Gasteiger partial charge in [-0.15, -0.1) is 0 Å². The number of anilines is 1. The average molecular weight is 618 g/mol. The highest BCUT2D eigenvalue weighted by molar-refractivity contribution is 7.90. The highest BCUT2D eigenvalue weighted by atomic mass is 35.5. The lowest BCUT2D eigenvalue weighted by Crippen LogP contribution is -2.59. The molecule has 2 fully saturated rings. The molecule has 1 saturated carbocycles. The Labute approximate surface area is 249 Å². The van der Waals surface area contributed by atoms with Crippen molar-refractivity contribution in [3.05, 3.63) is 94.3 Å². The van der Waals surface area contributed by atoms with Crippen molar-refractivity contribution in [2.24, 2.45) is 5.73 Å². The minimum atomic E-state index is -3.44. The van der Waals surface area contributed by atoms with E-state index in [0.717, 1.165) is 6.20 Å². The van der Waals surface area contributed by atoms with Gasteiger partial charge in [-0.3, -0.25) is 9.78 Å². The van der Waals surface area contributed by atoms with Crippen molar-refractivity contribution in [3.63, 3.8) is 0 Å². The molecular weight excluding hydrogens is 584 g/mol. The van der Waals surface area contributed by atoms with E-state index in [1.165, 1.54) is 18.3 Å². The number of nitrogens with zero attached hydrogens (tertiary/aromatic N) is 2. The van der Waals surface area contributed by atoms with Gasteiger partial charge in [0.25, 0.3) is 0 Å². The average Bonchev–Trinajstić information content (AvgIpc) is 3.80. The molecule has 2 aromatic carbocycles. The van der Waals surface area contributed by atoms with Crippen molar-refractivity contribution < 1.29 is 22.0 Å². The third-order valence-electron chi connectivity index (χ3n) is 7.94. The lowest BCUT2D eigenvalue weighted by atomic mass is 9.85. The summed E-state index contributed by atoms with van der Waals surface area (Å²) in [4.78, 5) is 17.4. The number of piperazine rings is 1. The Balaban J connectivity index is 1.37. The molecule has 4 atom stereocenters. The first-order valence-electron chi connectivity index (χ1n) is 14.0. The van der Waals surface area contributed by atoms with Gasteiger partial charge in [-0.1, -0.05) is 35.9 Å². The van der Waals surface area contributed by atoms with E-state index in [2.05, 4.69) is 15.6 Å². The normalized spacial score (nSPS) is 21.1. The van der Waals surface area contributed by atoms with Gasteiger partial charge in [-0.2, -0.15) is 4.31 Å². The fraction of sp³-hybridized carbons (Fsp3) is 0.400. The molecule has 1 aromatic heterocycles. The first-order chi connectivity index (χ1) is 20.1. The number of amides is 1. The Hall–Kier alpha value is -2.96. The molecule has 12 heteroatoms. The zero-order valence-corrected chi connectivity index (χ0v) is 24.7. The second-order valence-electron chi connectivity index (χ2n) is 11.0. The Bertz CT molecular complexity index is 1540. The molecule has 42 heavy (non-hydrogen) atoms. The van der Waals surface area contributed by atoms with Crippen LogP contribution < -0.4 is 16.4 Å². The minimum Gasteiger partial charge on any atom is -0.323 e. The van der Waals surface area contributed by atoms with Crippen molar-refractivity contribution in [2.75, 3.05) is 18.4 Å². The first kappa shape index (κ1) is 30.5. The molecule has 224 valence electrons. The maximum Gasteiger partial charge on any atom is 0.242 e. The van der Waals surface area contributed by atoms with E-state index in [1.54, 1.807) is 40.7 Å². The first-order valence-corrected chi connectivity index (χ1v) is 15.9. The number of carbonyl (C=O) groups is 1. The predicted molar refractivity (Wildman–Crippen MR) is 159 cm³/mol. The summed E-state index contributed by atoms with van der Waals surface area (Å²) in [6.07, 6.45) is 4.24. The largest absolute Gasteiger partial charge is 0.323 e. The molecule has 1 aliphatic carbocycles. The number of nitrogens with one attached hydrogen (secondary N) is 2. The molecule has 5 rings (SSSR count). The van der Waals surface area contributed by atoms with Crippen LogP contribution >= 0.6 is 11.6 Å². The molecule has 0 unspecified atom stereocenters. The van der Waals surface area contributed by atoms with Gasteiger partial charge in [-0.05, 0) is 68.0 Å². The van der Waals surface area contributed by atoms with Crippen LogP contribution in [0.3, 0.4) is 0 Å². The fourth-order valence-electron chi connectivity index (χ4n) is 5.70. The maximum atomic E-state index is 15.1. The number of benzene rings is 2. The smallest absolute Gasteiger partial charge is 0.242 e. The number of pyridine rings is 1.